The molecule has 1 aromatic rings. The average Bonchev–Trinajstić information content (AvgIpc) is 2.85. The number of rotatable bonds is 4. The third-order valence-electron chi connectivity index (χ3n) is 5.46. The van der Waals surface area contributed by atoms with Crippen LogP contribution in [-0.2, 0) is 15.9 Å². The maximum atomic E-state index is 12.6. The van der Waals surface area contributed by atoms with Gasteiger partial charge in [-0.1, -0.05) is 18.2 Å². The van der Waals surface area contributed by atoms with E-state index < -0.39 is 5.60 Å². The highest BCUT2D eigenvalue weighted by molar-refractivity contribution is 5.91. The van der Waals surface area contributed by atoms with Crippen LogP contribution in [0.3, 0.4) is 0 Å². The molecule has 2 saturated heterocycles. The van der Waals surface area contributed by atoms with Gasteiger partial charge in [-0.15, -0.1) is 0 Å². The Kier molecular flexibility index (Phi) is 5.78. The van der Waals surface area contributed by atoms with E-state index in [0.717, 1.165) is 37.7 Å². The SMILES string of the molecule is CCOC(=O)c1ccccc1CC1CC2CCC(C1)N2C(=O)OC(C)(C)C. The summed E-state index contributed by atoms with van der Waals surface area (Å²) >= 11 is 0. The molecular formula is C22H31NO4. The number of ether oxygens (including phenoxy) is 2. The average molecular weight is 373 g/mol. The van der Waals surface area contributed by atoms with Gasteiger partial charge in [0.2, 0.25) is 0 Å². The molecular weight excluding hydrogens is 342 g/mol. The zero-order valence-electron chi connectivity index (χ0n) is 16.9. The first kappa shape index (κ1) is 19.7. The highest BCUT2D eigenvalue weighted by Gasteiger charge is 2.44. The highest BCUT2D eigenvalue weighted by atomic mass is 16.6. The molecule has 2 unspecified atom stereocenters. The quantitative estimate of drug-likeness (QED) is 0.725. The van der Waals surface area contributed by atoms with Crippen LogP contribution in [-0.4, -0.2) is 41.3 Å². The molecule has 0 spiro atoms. The smallest absolute Gasteiger partial charge is 0.410 e. The Hall–Kier alpha value is -2.04. The van der Waals surface area contributed by atoms with E-state index in [-0.39, 0.29) is 24.1 Å². The minimum Gasteiger partial charge on any atom is -0.462 e. The second-order valence-corrected chi connectivity index (χ2v) is 8.69. The summed E-state index contributed by atoms with van der Waals surface area (Å²) in [5.41, 5.74) is 1.25. The van der Waals surface area contributed by atoms with Gasteiger partial charge in [-0.25, -0.2) is 9.59 Å². The Bertz CT molecular complexity index is 680. The van der Waals surface area contributed by atoms with Crippen molar-refractivity contribution in [3.8, 4) is 0 Å². The number of hydrogen-bond acceptors (Lipinski definition) is 4. The number of esters is 1. The van der Waals surface area contributed by atoms with Crippen molar-refractivity contribution < 1.29 is 19.1 Å². The summed E-state index contributed by atoms with van der Waals surface area (Å²) < 4.78 is 10.8. The number of carbonyl (C=O) groups is 2. The summed E-state index contributed by atoms with van der Waals surface area (Å²) in [7, 11) is 0. The van der Waals surface area contributed by atoms with Crippen LogP contribution in [0.15, 0.2) is 24.3 Å². The van der Waals surface area contributed by atoms with Gasteiger partial charge in [-0.2, -0.15) is 0 Å². The van der Waals surface area contributed by atoms with Crippen LogP contribution < -0.4 is 0 Å². The molecule has 1 amide bonds. The second-order valence-electron chi connectivity index (χ2n) is 8.69. The first-order valence-electron chi connectivity index (χ1n) is 10.0. The second kappa shape index (κ2) is 7.91. The molecule has 0 saturated carbocycles. The van der Waals surface area contributed by atoms with Gasteiger partial charge in [-0.3, -0.25) is 0 Å². The normalized spacial score (nSPS) is 24.6. The Morgan fingerprint density at radius 3 is 2.33 bits per heavy atom. The number of hydrogen-bond donors (Lipinski definition) is 0. The summed E-state index contributed by atoms with van der Waals surface area (Å²) in [5, 5.41) is 0. The van der Waals surface area contributed by atoms with Gasteiger partial charge in [0.05, 0.1) is 12.2 Å². The lowest BCUT2D eigenvalue weighted by Crippen LogP contribution is -2.48. The molecule has 2 aliphatic rings. The van der Waals surface area contributed by atoms with Crippen molar-refractivity contribution in [2.24, 2.45) is 5.92 Å². The fourth-order valence-electron chi connectivity index (χ4n) is 4.49. The molecule has 27 heavy (non-hydrogen) atoms. The first-order chi connectivity index (χ1) is 12.8. The van der Waals surface area contributed by atoms with Crippen molar-refractivity contribution in [3.05, 3.63) is 35.4 Å². The maximum absolute atomic E-state index is 12.6. The predicted molar refractivity (Wildman–Crippen MR) is 104 cm³/mol. The van der Waals surface area contributed by atoms with Crippen LogP contribution in [0.2, 0.25) is 0 Å². The van der Waals surface area contributed by atoms with Crippen LogP contribution in [0.4, 0.5) is 4.79 Å². The standard InChI is InChI=1S/C22H31NO4/c1-5-26-20(24)19-9-7-6-8-16(19)12-15-13-17-10-11-18(14-15)23(17)21(25)27-22(2,3)4/h6-9,15,17-18H,5,10-14H2,1-4H3. The van der Waals surface area contributed by atoms with Gasteiger partial charge < -0.3 is 14.4 Å². The summed E-state index contributed by atoms with van der Waals surface area (Å²) in [6, 6.07) is 8.22. The molecule has 0 N–H and O–H groups in total. The van der Waals surface area contributed by atoms with Crippen LogP contribution in [0.25, 0.3) is 0 Å². The van der Waals surface area contributed by atoms with Gasteiger partial charge in [0.25, 0.3) is 0 Å². The summed E-state index contributed by atoms with van der Waals surface area (Å²) in [6.07, 6.45) is 4.68. The number of nitrogens with zero attached hydrogens (tertiary/aromatic N) is 1. The van der Waals surface area contributed by atoms with Gasteiger partial charge in [0.1, 0.15) is 5.60 Å². The van der Waals surface area contributed by atoms with E-state index in [0.29, 0.717) is 18.1 Å². The molecule has 1 aromatic carbocycles. The largest absolute Gasteiger partial charge is 0.462 e. The lowest BCUT2D eigenvalue weighted by molar-refractivity contribution is 0.00216. The van der Waals surface area contributed by atoms with Gasteiger partial charge in [0.15, 0.2) is 0 Å². The van der Waals surface area contributed by atoms with Gasteiger partial charge in [-0.05, 0) is 77.3 Å². The number of carbonyl (C=O) groups excluding carboxylic acids is 2. The van der Waals surface area contributed by atoms with Crippen LogP contribution in [0, 0.1) is 5.92 Å². The zero-order chi connectivity index (χ0) is 19.6. The Balaban J connectivity index is 1.68. The number of benzene rings is 1. The van der Waals surface area contributed by atoms with E-state index in [1.807, 2.05) is 56.9 Å². The molecule has 3 rings (SSSR count). The summed E-state index contributed by atoms with van der Waals surface area (Å²) in [5.74, 6) is 0.221. The van der Waals surface area contributed by atoms with E-state index in [9.17, 15) is 9.59 Å². The molecule has 2 fully saturated rings. The molecule has 2 heterocycles. The number of piperidine rings is 1. The summed E-state index contributed by atoms with van der Waals surface area (Å²) in [6.45, 7) is 7.93. The molecule has 2 aliphatic heterocycles. The lowest BCUT2D eigenvalue weighted by Gasteiger charge is -2.39. The van der Waals surface area contributed by atoms with Crippen molar-refractivity contribution in [2.45, 2.75) is 77.5 Å². The fourth-order valence-corrected chi connectivity index (χ4v) is 4.49. The molecule has 0 aromatic heterocycles. The van der Waals surface area contributed by atoms with E-state index in [4.69, 9.17) is 9.47 Å². The minimum atomic E-state index is -0.466. The van der Waals surface area contributed by atoms with Gasteiger partial charge >= 0.3 is 12.1 Å². The fraction of sp³-hybridized carbons (Fsp3) is 0.636. The lowest BCUT2D eigenvalue weighted by atomic mass is 9.85. The summed E-state index contributed by atoms with van der Waals surface area (Å²) in [4.78, 5) is 26.8. The monoisotopic (exact) mass is 373 g/mol. The van der Waals surface area contributed by atoms with Crippen molar-refractivity contribution in [1.29, 1.82) is 0 Å². The minimum absolute atomic E-state index is 0.180. The van der Waals surface area contributed by atoms with Crippen molar-refractivity contribution in [1.82, 2.24) is 4.90 Å². The van der Waals surface area contributed by atoms with Crippen LogP contribution >= 0.6 is 0 Å². The number of fused-ring (bicyclic) bond motifs is 2. The molecule has 0 aliphatic carbocycles. The molecule has 2 atom stereocenters. The Labute approximate surface area is 162 Å². The topological polar surface area (TPSA) is 55.8 Å². The molecule has 2 bridgehead atoms. The Morgan fingerprint density at radius 1 is 1.11 bits per heavy atom. The molecule has 0 radical (unpaired) electrons. The predicted octanol–water partition coefficient (Wildman–Crippen LogP) is 4.58. The number of amides is 1. The third kappa shape index (κ3) is 4.63. The zero-order valence-corrected chi connectivity index (χ0v) is 16.9. The van der Waals surface area contributed by atoms with E-state index in [1.54, 1.807) is 0 Å². The molecule has 5 heteroatoms. The Morgan fingerprint density at radius 2 is 1.74 bits per heavy atom. The van der Waals surface area contributed by atoms with Crippen molar-refractivity contribution in [3.63, 3.8) is 0 Å². The molecule has 148 valence electrons. The molecule has 5 nitrogen and oxygen atoms in total. The van der Waals surface area contributed by atoms with E-state index in [2.05, 4.69) is 0 Å². The third-order valence-corrected chi connectivity index (χ3v) is 5.46. The van der Waals surface area contributed by atoms with Gasteiger partial charge in [0, 0.05) is 12.1 Å². The van der Waals surface area contributed by atoms with Crippen molar-refractivity contribution in [2.75, 3.05) is 6.61 Å². The van der Waals surface area contributed by atoms with E-state index >= 15 is 0 Å². The van der Waals surface area contributed by atoms with Crippen LogP contribution in [0.5, 0.6) is 0 Å². The highest BCUT2D eigenvalue weighted by Crippen LogP contribution is 2.41. The maximum Gasteiger partial charge on any atom is 0.410 e. The van der Waals surface area contributed by atoms with Crippen LogP contribution in [0.1, 0.15) is 69.3 Å². The van der Waals surface area contributed by atoms with Crippen molar-refractivity contribution >= 4 is 12.1 Å². The van der Waals surface area contributed by atoms with E-state index in [1.165, 1.54) is 0 Å². The first-order valence-corrected chi connectivity index (χ1v) is 10.0.